The van der Waals surface area contributed by atoms with Crippen molar-refractivity contribution in [1.29, 1.82) is 5.26 Å². The van der Waals surface area contributed by atoms with Crippen LogP contribution in [0.3, 0.4) is 0 Å². The van der Waals surface area contributed by atoms with Gasteiger partial charge in [0, 0.05) is 12.3 Å². The van der Waals surface area contributed by atoms with Crippen LogP contribution < -0.4 is 0 Å². The Hall–Kier alpha value is -0.840. The van der Waals surface area contributed by atoms with E-state index in [1.165, 1.54) is 6.42 Å². The second kappa shape index (κ2) is 3.52. The minimum absolute atomic E-state index is 0.522. The van der Waals surface area contributed by atoms with Crippen LogP contribution in [-0.2, 0) is 0 Å². The summed E-state index contributed by atoms with van der Waals surface area (Å²) >= 11 is 0. The highest BCUT2D eigenvalue weighted by Gasteiger charge is 2.18. The summed E-state index contributed by atoms with van der Waals surface area (Å²) in [6.45, 7) is 5.29. The molecule has 2 nitrogen and oxygen atoms in total. The normalized spacial score (nSPS) is 30.8. The molecule has 2 atom stereocenters. The number of nitriles is 1. The highest BCUT2D eigenvalue weighted by molar-refractivity contribution is 5.88. The highest BCUT2D eigenvalue weighted by atomic mass is 14.8. The van der Waals surface area contributed by atoms with Gasteiger partial charge in [0.05, 0.1) is 12.5 Å². The van der Waals surface area contributed by atoms with Crippen molar-refractivity contribution in [2.45, 2.75) is 26.7 Å². The van der Waals surface area contributed by atoms with Crippen LogP contribution in [0, 0.1) is 23.2 Å². The maximum Gasteiger partial charge on any atom is 0.0733 e. The average Bonchev–Trinajstić information content (AvgIpc) is 1.95. The third-order valence-electron chi connectivity index (χ3n) is 2.19. The van der Waals surface area contributed by atoms with Crippen molar-refractivity contribution >= 4 is 5.71 Å². The van der Waals surface area contributed by atoms with Gasteiger partial charge < -0.3 is 0 Å². The molecule has 0 bridgehead atoms. The largest absolute Gasteiger partial charge is 0.292 e. The van der Waals surface area contributed by atoms with Gasteiger partial charge >= 0.3 is 0 Å². The molecule has 60 valence electrons. The fourth-order valence-electron chi connectivity index (χ4n) is 1.55. The van der Waals surface area contributed by atoms with E-state index < -0.39 is 0 Å². The van der Waals surface area contributed by atoms with E-state index in [2.05, 4.69) is 24.9 Å². The molecule has 0 aromatic rings. The molecule has 1 unspecified atom stereocenters. The number of rotatable bonds is 1. The molecule has 0 radical (unpaired) electrons. The lowest BCUT2D eigenvalue weighted by atomic mass is 9.89. The van der Waals surface area contributed by atoms with Crippen LogP contribution >= 0.6 is 0 Å². The first-order chi connectivity index (χ1) is 5.24. The van der Waals surface area contributed by atoms with E-state index in [-0.39, 0.29) is 0 Å². The molecule has 0 saturated carbocycles. The predicted molar refractivity (Wildman–Crippen MR) is 45.5 cm³/mol. The first kappa shape index (κ1) is 8.26. The van der Waals surface area contributed by atoms with Gasteiger partial charge in [-0.05, 0) is 18.3 Å². The number of aliphatic imine (C=N–C) groups is 1. The molecule has 0 aromatic heterocycles. The number of nitrogens with zero attached hydrogens (tertiary/aromatic N) is 2. The number of hydrogen-bond acceptors (Lipinski definition) is 2. The van der Waals surface area contributed by atoms with Gasteiger partial charge in [-0.1, -0.05) is 13.8 Å². The van der Waals surface area contributed by atoms with E-state index in [4.69, 9.17) is 5.26 Å². The van der Waals surface area contributed by atoms with Crippen molar-refractivity contribution in [1.82, 2.24) is 0 Å². The minimum atomic E-state index is 0.522. The van der Waals surface area contributed by atoms with Crippen molar-refractivity contribution in [2.75, 3.05) is 6.54 Å². The van der Waals surface area contributed by atoms with E-state index in [0.717, 1.165) is 12.3 Å². The van der Waals surface area contributed by atoms with Crippen LogP contribution in [0.2, 0.25) is 0 Å². The van der Waals surface area contributed by atoms with Gasteiger partial charge in [0.2, 0.25) is 0 Å². The zero-order valence-electron chi connectivity index (χ0n) is 7.17. The summed E-state index contributed by atoms with van der Waals surface area (Å²) in [5, 5.41) is 8.47. The third kappa shape index (κ3) is 2.04. The fraction of sp³-hybridized carbons (Fsp3) is 0.778. The Morgan fingerprint density at radius 3 is 2.91 bits per heavy atom. The summed E-state index contributed by atoms with van der Waals surface area (Å²) in [7, 11) is 0. The molecule has 1 rings (SSSR count). The van der Waals surface area contributed by atoms with Gasteiger partial charge in [0.1, 0.15) is 0 Å². The van der Waals surface area contributed by atoms with Gasteiger partial charge in [0.25, 0.3) is 0 Å². The van der Waals surface area contributed by atoms with E-state index in [1.54, 1.807) is 0 Å². The van der Waals surface area contributed by atoms with Gasteiger partial charge in [-0.25, -0.2) is 0 Å². The molecule has 11 heavy (non-hydrogen) atoms. The fourth-order valence-corrected chi connectivity index (χ4v) is 1.55. The van der Waals surface area contributed by atoms with Crippen LogP contribution in [0.15, 0.2) is 4.99 Å². The van der Waals surface area contributed by atoms with Gasteiger partial charge in [0.15, 0.2) is 0 Å². The molecule has 2 heteroatoms. The molecule has 0 N–H and O–H groups in total. The first-order valence-corrected chi connectivity index (χ1v) is 4.14. The highest BCUT2D eigenvalue weighted by Crippen LogP contribution is 2.20. The lowest BCUT2D eigenvalue weighted by Crippen LogP contribution is -2.21. The molecule has 1 heterocycles. The molecular weight excluding hydrogens is 136 g/mol. The summed E-state index contributed by atoms with van der Waals surface area (Å²) in [6.07, 6.45) is 1.72. The maximum atomic E-state index is 8.47. The summed E-state index contributed by atoms with van der Waals surface area (Å²) in [5.74, 6) is 1.23. The van der Waals surface area contributed by atoms with Crippen molar-refractivity contribution in [2.24, 2.45) is 16.8 Å². The summed E-state index contributed by atoms with van der Waals surface area (Å²) < 4.78 is 0. The summed E-state index contributed by atoms with van der Waals surface area (Å²) in [5.41, 5.74) is 1.10. The van der Waals surface area contributed by atoms with Gasteiger partial charge in [-0.3, -0.25) is 4.99 Å². The summed E-state index contributed by atoms with van der Waals surface area (Å²) in [4.78, 5) is 4.38. The quantitative estimate of drug-likeness (QED) is 0.563. The molecular formula is C9H14N2. The van der Waals surface area contributed by atoms with Gasteiger partial charge in [-0.2, -0.15) is 5.26 Å². The topological polar surface area (TPSA) is 36.1 Å². The smallest absolute Gasteiger partial charge is 0.0733 e. The van der Waals surface area contributed by atoms with E-state index >= 15 is 0 Å². The predicted octanol–water partition coefficient (Wildman–Crippen LogP) is 2.02. The minimum Gasteiger partial charge on any atom is -0.292 e. The molecule has 1 aliphatic rings. The Labute approximate surface area is 67.9 Å². The number of hydrogen-bond donors (Lipinski definition) is 0. The first-order valence-electron chi connectivity index (χ1n) is 4.14. The Morgan fingerprint density at radius 2 is 2.36 bits per heavy atom. The Balaban J connectivity index is 2.59. The molecule has 0 saturated heterocycles. The third-order valence-corrected chi connectivity index (χ3v) is 2.19. The van der Waals surface area contributed by atoms with Crippen molar-refractivity contribution in [3.63, 3.8) is 0 Å². The molecule has 1 aliphatic heterocycles. The SMILES string of the molecule is CC1CN=C(CC#N)[C@@H](C)C1. The van der Waals surface area contributed by atoms with E-state index in [0.29, 0.717) is 18.3 Å². The standard InChI is InChI=1S/C9H14N2/c1-7-5-8(2)9(3-4-10)11-6-7/h7-8H,3,5-6H2,1-2H3/t7?,8-/m0/s1. The molecule has 0 amide bonds. The lowest BCUT2D eigenvalue weighted by Gasteiger charge is -2.22. The molecule has 0 spiro atoms. The monoisotopic (exact) mass is 150 g/mol. The Kier molecular flexibility index (Phi) is 2.64. The van der Waals surface area contributed by atoms with Crippen LogP contribution in [0.5, 0.6) is 0 Å². The zero-order valence-corrected chi connectivity index (χ0v) is 7.17. The second-order valence-corrected chi connectivity index (χ2v) is 3.41. The molecule has 0 aromatic carbocycles. The van der Waals surface area contributed by atoms with E-state index in [9.17, 15) is 0 Å². The van der Waals surface area contributed by atoms with Crippen LogP contribution in [0.1, 0.15) is 26.7 Å². The van der Waals surface area contributed by atoms with Crippen molar-refractivity contribution < 1.29 is 0 Å². The van der Waals surface area contributed by atoms with Crippen molar-refractivity contribution in [3.8, 4) is 6.07 Å². The Morgan fingerprint density at radius 1 is 1.64 bits per heavy atom. The zero-order chi connectivity index (χ0) is 8.27. The van der Waals surface area contributed by atoms with Crippen LogP contribution in [0.25, 0.3) is 0 Å². The maximum absolute atomic E-state index is 8.47. The van der Waals surface area contributed by atoms with Gasteiger partial charge in [-0.15, -0.1) is 0 Å². The average molecular weight is 150 g/mol. The summed E-state index contributed by atoms with van der Waals surface area (Å²) in [6, 6.07) is 2.15. The van der Waals surface area contributed by atoms with Crippen molar-refractivity contribution in [3.05, 3.63) is 0 Å². The molecule has 0 aliphatic carbocycles. The van der Waals surface area contributed by atoms with Crippen LogP contribution in [-0.4, -0.2) is 12.3 Å². The van der Waals surface area contributed by atoms with E-state index in [1.807, 2.05) is 0 Å². The van der Waals surface area contributed by atoms with Crippen LogP contribution in [0.4, 0.5) is 0 Å². The second-order valence-electron chi connectivity index (χ2n) is 3.41. The molecule has 0 fully saturated rings. The lowest BCUT2D eigenvalue weighted by molar-refractivity contribution is 0.464. The Bertz CT molecular complexity index is 200.